The molecule has 1 amide bonds. The largest absolute Gasteiger partial charge is 0.469 e. The molecule has 18 heavy (non-hydrogen) atoms. The van der Waals surface area contributed by atoms with Crippen LogP contribution in [0.25, 0.3) is 0 Å². The third-order valence-corrected chi connectivity index (χ3v) is 3.25. The van der Waals surface area contributed by atoms with Gasteiger partial charge >= 0.3 is 0 Å². The fourth-order valence-electron chi connectivity index (χ4n) is 2.16. The average Bonchev–Trinajstić information content (AvgIpc) is 2.97. The van der Waals surface area contributed by atoms with E-state index in [0.29, 0.717) is 0 Å². The Morgan fingerprint density at radius 3 is 3.06 bits per heavy atom. The van der Waals surface area contributed by atoms with Gasteiger partial charge in [-0.3, -0.25) is 4.79 Å². The predicted molar refractivity (Wildman–Crippen MR) is 69.9 cm³/mol. The molecule has 0 spiro atoms. The highest BCUT2D eigenvalue weighted by molar-refractivity contribution is 5.81. The van der Waals surface area contributed by atoms with Crippen LogP contribution in [0.5, 0.6) is 0 Å². The van der Waals surface area contributed by atoms with Crippen LogP contribution >= 0.6 is 0 Å². The summed E-state index contributed by atoms with van der Waals surface area (Å²) in [7, 11) is 0. The first kappa shape index (κ1) is 12.9. The second kappa shape index (κ2) is 5.87. The maximum absolute atomic E-state index is 11.9. The van der Waals surface area contributed by atoms with Crippen molar-refractivity contribution in [1.82, 2.24) is 5.32 Å². The zero-order valence-electron chi connectivity index (χ0n) is 10.6. The second-order valence-corrected chi connectivity index (χ2v) is 4.92. The van der Waals surface area contributed by atoms with E-state index in [0.717, 1.165) is 25.0 Å². The van der Waals surface area contributed by atoms with Crippen LogP contribution in [0.3, 0.4) is 0 Å². The van der Waals surface area contributed by atoms with Gasteiger partial charge < -0.3 is 15.5 Å². The molecule has 0 saturated carbocycles. The summed E-state index contributed by atoms with van der Waals surface area (Å²) < 4.78 is 5.26. The Morgan fingerprint density at radius 1 is 1.61 bits per heavy atom. The zero-order valence-corrected chi connectivity index (χ0v) is 10.6. The molecule has 98 valence electrons. The molecule has 3 unspecified atom stereocenters. The van der Waals surface area contributed by atoms with Gasteiger partial charge in [0.25, 0.3) is 0 Å². The van der Waals surface area contributed by atoms with Gasteiger partial charge in [0, 0.05) is 18.5 Å². The summed E-state index contributed by atoms with van der Waals surface area (Å²) in [5.74, 6) is 0.969. The predicted octanol–water partition coefficient (Wildman–Crippen LogP) is 1.62. The maximum atomic E-state index is 11.9. The molecule has 1 aliphatic carbocycles. The average molecular weight is 248 g/mol. The minimum absolute atomic E-state index is 0.0270. The van der Waals surface area contributed by atoms with Crippen molar-refractivity contribution in [1.29, 1.82) is 0 Å². The highest BCUT2D eigenvalue weighted by Crippen LogP contribution is 2.16. The Morgan fingerprint density at radius 2 is 2.44 bits per heavy atom. The van der Waals surface area contributed by atoms with Gasteiger partial charge in [-0.25, -0.2) is 0 Å². The van der Waals surface area contributed by atoms with Crippen molar-refractivity contribution in [2.75, 3.05) is 0 Å². The minimum Gasteiger partial charge on any atom is -0.469 e. The van der Waals surface area contributed by atoms with Crippen LogP contribution in [-0.2, 0) is 11.2 Å². The molecule has 0 aromatic carbocycles. The molecule has 3 atom stereocenters. The summed E-state index contributed by atoms with van der Waals surface area (Å²) in [5.41, 5.74) is 5.74. The maximum Gasteiger partial charge on any atom is 0.227 e. The Hall–Kier alpha value is -1.55. The summed E-state index contributed by atoms with van der Waals surface area (Å²) in [6.45, 7) is 2.01. The van der Waals surface area contributed by atoms with Gasteiger partial charge in [-0.05, 0) is 31.9 Å². The van der Waals surface area contributed by atoms with Gasteiger partial charge in [0.15, 0.2) is 0 Å². The van der Waals surface area contributed by atoms with Crippen molar-refractivity contribution in [3.05, 3.63) is 36.3 Å². The molecule has 1 aromatic rings. The van der Waals surface area contributed by atoms with E-state index in [1.165, 1.54) is 0 Å². The molecule has 4 nitrogen and oxygen atoms in total. The number of carbonyl (C=O) groups is 1. The van der Waals surface area contributed by atoms with E-state index in [1.54, 1.807) is 6.26 Å². The Balaban J connectivity index is 1.72. The van der Waals surface area contributed by atoms with Crippen LogP contribution in [0.1, 0.15) is 25.5 Å². The first-order valence-corrected chi connectivity index (χ1v) is 6.42. The molecule has 4 heteroatoms. The molecule has 0 aliphatic heterocycles. The van der Waals surface area contributed by atoms with Gasteiger partial charge in [0.2, 0.25) is 5.91 Å². The first-order chi connectivity index (χ1) is 8.65. The lowest BCUT2D eigenvalue weighted by Crippen LogP contribution is -2.37. The molecule has 1 aromatic heterocycles. The fraction of sp³-hybridized carbons (Fsp3) is 0.500. The zero-order chi connectivity index (χ0) is 13.0. The van der Waals surface area contributed by atoms with Crippen LogP contribution < -0.4 is 11.1 Å². The fourth-order valence-corrected chi connectivity index (χ4v) is 2.16. The smallest absolute Gasteiger partial charge is 0.227 e. The third kappa shape index (κ3) is 3.47. The van der Waals surface area contributed by atoms with Crippen LogP contribution in [0.4, 0.5) is 0 Å². The van der Waals surface area contributed by atoms with E-state index in [-0.39, 0.29) is 23.9 Å². The molecule has 0 saturated heterocycles. The van der Waals surface area contributed by atoms with Crippen LogP contribution in [0.2, 0.25) is 0 Å². The van der Waals surface area contributed by atoms with Crippen molar-refractivity contribution in [3.8, 4) is 0 Å². The highest BCUT2D eigenvalue weighted by atomic mass is 16.3. The highest BCUT2D eigenvalue weighted by Gasteiger charge is 2.23. The van der Waals surface area contributed by atoms with Gasteiger partial charge in [-0.15, -0.1) is 0 Å². The first-order valence-electron chi connectivity index (χ1n) is 6.42. The van der Waals surface area contributed by atoms with E-state index in [2.05, 4.69) is 5.32 Å². The van der Waals surface area contributed by atoms with Crippen LogP contribution in [0, 0.1) is 5.92 Å². The number of rotatable bonds is 5. The van der Waals surface area contributed by atoms with E-state index >= 15 is 0 Å². The summed E-state index contributed by atoms with van der Waals surface area (Å²) in [4.78, 5) is 11.9. The Labute approximate surface area is 107 Å². The number of hydrogen-bond acceptors (Lipinski definition) is 3. The quantitative estimate of drug-likeness (QED) is 0.778. The van der Waals surface area contributed by atoms with Crippen molar-refractivity contribution in [3.63, 3.8) is 0 Å². The molecule has 3 N–H and O–H groups in total. The number of furan rings is 1. The lowest BCUT2D eigenvalue weighted by molar-refractivity contribution is -0.124. The van der Waals surface area contributed by atoms with E-state index in [9.17, 15) is 4.79 Å². The topological polar surface area (TPSA) is 68.3 Å². The molecular formula is C14H20N2O2. The number of amides is 1. The van der Waals surface area contributed by atoms with Crippen molar-refractivity contribution in [2.45, 2.75) is 38.3 Å². The summed E-state index contributed by atoms with van der Waals surface area (Å²) in [5, 5.41) is 3.02. The number of aryl methyl sites for hydroxylation is 1. The van der Waals surface area contributed by atoms with Gasteiger partial charge in [0.05, 0.1) is 12.2 Å². The van der Waals surface area contributed by atoms with Gasteiger partial charge in [0.1, 0.15) is 5.76 Å². The molecule has 0 bridgehead atoms. The lowest BCUT2D eigenvalue weighted by Gasteiger charge is -2.16. The second-order valence-electron chi connectivity index (χ2n) is 4.92. The monoisotopic (exact) mass is 248 g/mol. The molecule has 1 aliphatic rings. The molecule has 1 heterocycles. The molecule has 2 rings (SSSR count). The van der Waals surface area contributed by atoms with E-state index < -0.39 is 0 Å². The van der Waals surface area contributed by atoms with Gasteiger partial charge in [-0.1, -0.05) is 12.2 Å². The van der Waals surface area contributed by atoms with Gasteiger partial charge in [-0.2, -0.15) is 0 Å². The van der Waals surface area contributed by atoms with Crippen molar-refractivity contribution < 1.29 is 9.21 Å². The van der Waals surface area contributed by atoms with E-state index in [1.807, 2.05) is 31.2 Å². The van der Waals surface area contributed by atoms with E-state index in [4.69, 9.17) is 10.2 Å². The van der Waals surface area contributed by atoms with Crippen LogP contribution in [0.15, 0.2) is 35.0 Å². The third-order valence-electron chi connectivity index (χ3n) is 3.25. The van der Waals surface area contributed by atoms with Crippen LogP contribution in [-0.4, -0.2) is 18.0 Å². The molecule has 0 fully saturated rings. The summed E-state index contributed by atoms with van der Waals surface area (Å²) >= 11 is 0. The van der Waals surface area contributed by atoms with Crippen molar-refractivity contribution >= 4 is 5.91 Å². The molecule has 0 radical (unpaired) electrons. The summed E-state index contributed by atoms with van der Waals surface area (Å²) in [6.07, 6.45) is 7.91. The Bertz CT molecular complexity index is 411. The number of hydrogen-bond donors (Lipinski definition) is 2. The standard InChI is InChI=1S/C14H20N2O2/c1-10(4-7-13-3-2-8-18-13)16-14(17)11-5-6-12(15)9-11/h2-3,5-6,8,10-12H,4,7,9,15H2,1H3,(H,16,17). The Kier molecular flexibility index (Phi) is 4.20. The summed E-state index contributed by atoms with van der Waals surface area (Å²) in [6, 6.07) is 4.00. The molecular weight excluding hydrogens is 228 g/mol. The number of nitrogens with one attached hydrogen (secondary N) is 1. The number of carbonyl (C=O) groups excluding carboxylic acids is 1. The SMILES string of the molecule is CC(CCc1ccco1)NC(=O)C1C=CC(N)C1. The minimum atomic E-state index is -0.0638. The lowest BCUT2D eigenvalue weighted by atomic mass is 10.1. The normalized spacial score (nSPS) is 24.1. The van der Waals surface area contributed by atoms with Crippen molar-refractivity contribution in [2.24, 2.45) is 11.7 Å². The number of nitrogens with two attached hydrogens (primary N) is 1.